The fourth-order valence-electron chi connectivity index (χ4n) is 1.16. The molecule has 0 N–H and O–H groups in total. The summed E-state index contributed by atoms with van der Waals surface area (Å²) in [6.45, 7) is 9.99. The molecular formula is C10H18O3. The van der Waals surface area contributed by atoms with Gasteiger partial charge in [0.05, 0.1) is 12.7 Å². The van der Waals surface area contributed by atoms with Gasteiger partial charge in [-0.3, -0.25) is 0 Å². The molecule has 1 atom stereocenters. The molecule has 0 spiro atoms. The van der Waals surface area contributed by atoms with E-state index in [0.29, 0.717) is 19.3 Å². The molecule has 1 fully saturated rings. The topological polar surface area (TPSA) is 31.0 Å². The first-order chi connectivity index (χ1) is 6.27. The molecule has 0 saturated carbocycles. The summed E-state index contributed by atoms with van der Waals surface area (Å²) < 4.78 is 15.9. The smallest absolute Gasteiger partial charge is 0.179 e. The highest BCUT2D eigenvalue weighted by Gasteiger charge is 2.26. The Kier molecular flexibility index (Phi) is 4.42. The second-order valence-corrected chi connectivity index (χ2v) is 3.06. The van der Waals surface area contributed by atoms with Crippen LogP contribution < -0.4 is 0 Å². The molecule has 1 aliphatic heterocycles. The normalized spacial score (nSPS) is 20.7. The van der Waals surface area contributed by atoms with Crippen LogP contribution in [0.25, 0.3) is 0 Å². The van der Waals surface area contributed by atoms with Crippen molar-refractivity contribution in [1.82, 2.24) is 0 Å². The van der Waals surface area contributed by atoms with Crippen LogP contribution in [0.15, 0.2) is 12.2 Å². The van der Waals surface area contributed by atoms with E-state index >= 15 is 0 Å². The van der Waals surface area contributed by atoms with Gasteiger partial charge < -0.3 is 14.2 Å². The van der Waals surface area contributed by atoms with Crippen molar-refractivity contribution < 1.29 is 14.2 Å². The highest BCUT2D eigenvalue weighted by molar-refractivity contribution is 5.02. The van der Waals surface area contributed by atoms with Crippen molar-refractivity contribution in [1.29, 1.82) is 0 Å². The highest BCUT2D eigenvalue weighted by atomic mass is 16.7. The lowest BCUT2D eigenvalue weighted by atomic mass is 10.1. The van der Waals surface area contributed by atoms with E-state index in [0.717, 1.165) is 18.6 Å². The summed E-state index contributed by atoms with van der Waals surface area (Å²) in [6, 6.07) is 0. The van der Waals surface area contributed by atoms with Crippen molar-refractivity contribution in [3.05, 3.63) is 12.2 Å². The first kappa shape index (κ1) is 10.7. The van der Waals surface area contributed by atoms with E-state index in [1.807, 2.05) is 13.8 Å². The molecule has 1 aliphatic rings. The second-order valence-electron chi connectivity index (χ2n) is 3.06. The summed E-state index contributed by atoms with van der Waals surface area (Å²) in [5.41, 5.74) is 0.978. The van der Waals surface area contributed by atoms with Gasteiger partial charge in [-0.15, -0.1) is 0 Å². The van der Waals surface area contributed by atoms with Crippen LogP contribution in [-0.2, 0) is 14.2 Å². The fourth-order valence-corrected chi connectivity index (χ4v) is 1.16. The summed E-state index contributed by atoms with van der Waals surface area (Å²) in [4.78, 5) is 0. The summed E-state index contributed by atoms with van der Waals surface area (Å²) in [5, 5.41) is 0. The van der Waals surface area contributed by atoms with Crippen LogP contribution in [0.2, 0.25) is 0 Å². The van der Waals surface area contributed by atoms with Gasteiger partial charge in [-0.05, 0) is 19.4 Å². The minimum Gasteiger partial charge on any atom is -0.373 e. The Hall–Kier alpha value is -0.380. The maximum absolute atomic E-state index is 5.40. The minimum absolute atomic E-state index is 0.251. The highest BCUT2D eigenvalue weighted by Crippen LogP contribution is 2.21. The van der Waals surface area contributed by atoms with Gasteiger partial charge in [0.2, 0.25) is 0 Å². The van der Waals surface area contributed by atoms with Crippen molar-refractivity contribution >= 4 is 0 Å². The van der Waals surface area contributed by atoms with Gasteiger partial charge in [-0.1, -0.05) is 6.58 Å². The van der Waals surface area contributed by atoms with Crippen molar-refractivity contribution in [3.63, 3.8) is 0 Å². The summed E-state index contributed by atoms with van der Waals surface area (Å²) in [6.07, 6.45) is 0.958. The van der Waals surface area contributed by atoms with Crippen LogP contribution in [0, 0.1) is 0 Å². The Morgan fingerprint density at radius 1 is 1.46 bits per heavy atom. The van der Waals surface area contributed by atoms with Crippen LogP contribution in [0.1, 0.15) is 20.3 Å². The summed E-state index contributed by atoms with van der Waals surface area (Å²) in [5.74, 6) is 0. The zero-order valence-corrected chi connectivity index (χ0v) is 8.41. The van der Waals surface area contributed by atoms with E-state index in [4.69, 9.17) is 14.2 Å². The summed E-state index contributed by atoms with van der Waals surface area (Å²) >= 11 is 0. The Bertz CT molecular complexity index is 158. The van der Waals surface area contributed by atoms with Crippen molar-refractivity contribution in [2.24, 2.45) is 0 Å². The minimum atomic E-state index is -0.251. The van der Waals surface area contributed by atoms with Crippen LogP contribution in [0.5, 0.6) is 0 Å². The number of ether oxygens (including phenoxy) is 3. The molecule has 0 aromatic rings. The number of epoxide rings is 1. The third-order valence-corrected chi connectivity index (χ3v) is 1.86. The van der Waals surface area contributed by atoms with E-state index in [2.05, 4.69) is 6.58 Å². The average Bonchev–Trinajstić information content (AvgIpc) is 2.88. The largest absolute Gasteiger partial charge is 0.373 e. The maximum Gasteiger partial charge on any atom is 0.179 e. The quantitative estimate of drug-likeness (QED) is 0.344. The Morgan fingerprint density at radius 3 is 2.38 bits per heavy atom. The zero-order valence-electron chi connectivity index (χ0n) is 8.41. The molecule has 1 unspecified atom stereocenters. The molecule has 3 heteroatoms. The molecule has 0 aromatic carbocycles. The standard InChI is InChI=1S/C10H18O3/c1-4-11-10(12-5-2)8(3)6-9-7-13-9/h9-10H,3-7H2,1-2H3. The van der Waals surface area contributed by atoms with Gasteiger partial charge in [-0.2, -0.15) is 0 Å². The zero-order chi connectivity index (χ0) is 9.68. The van der Waals surface area contributed by atoms with Crippen molar-refractivity contribution in [2.75, 3.05) is 19.8 Å². The lowest BCUT2D eigenvalue weighted by Crippen LogP contribution is -2.20. The van der Waals surface area contributed by atoms with Gasteiger partial charge in [0.1, 0.15) is 0 Å². The van der Waals surface area contributed by atoms with Crippen LogP contribution in [0.3, 0.4) is 0 Å². The molecule has 0 aliphatic carbocycles. The maximum atomic E-state index is 5.40. The van der Waals surface area contributed by atoms with E-state index in [1.54, 1.807) is 0 Å². The second kappa shape index (κ2) is 5.37. The van der Waals surface area contributed by atoms with Gasteiger partial charge in [0.15, 0.2) is 6.29 Å². The van der Waals surface area contributed by atoms with E-state index in [9.17, 15) is 0 Å². The Balaban J connectivity index is 2.27. The third-order valence-electron chi connectivity index (χ3n) is 1.86. The summed E-state index contributed by atoms with van der Waals surface area (Å²) in [7, 11) is 0. The molecule has 0 radical (unpaired) electrons. The van der Waals surface area contributed by atoms with Gasteiger partial charge in [0, 0.05) is 19.6 Å². The number of rotatable bonds is 7. The molecule has 1 rings (SSSR count). The molecule has 0 bridgehead atoms. The van der Waals surface area contributed by atoms with Crippen molar-refractivity contribution in [3.8, 4) is 0 Å². The number of hydrogen-bond acceptors (Lipinski definition) is 3. The van der Waals surface area contributed by atoms with Crippen LogP contribution in [-0.4, -0.2) is 32.2 Å². The van der Waals surface area contributed by atoms with Crippen LogP contribution >= 0.6 is 0 Å². The Morgan fingerprint density at radius 2 is 2.00 bits per heavy atom. The third kappa shape index (κ3) is 3.89. The molecule has 0 amide bonds. The monoisotopic (exact) mass is 186 g/mol. The molecule has 3 nitrogen and oxygen atoms in total. The SMILES string of the molecule is C=C(CC1CO1)C(OCC)OCC. The van der Waals surface area contributed by atoms with Gasteiger partial charge in [-0.25, -0.2) is 0 Å². The van der Waals surface area contributed by atoms with Gasteiger partial charge in [0.25, 0.3) is 0 Å². The molecule has 13 heavy (non-hydrogen) atoms. The molecule has 76 valence electrons. The predicted molar refractivity (Wildman–Crippen MR) is 50.5 cm³/mol. The predicted octanol–water partition coefficient (Wildman–Crippen LogP) is 1.73. The fraction of sp³-hybridized carbons (Fsp3) is 0.800. The van der Waals surface area contributed by atoms with Crippen molar-refractivity contribution in [2.45, 2.75) is 32.7 Å². The van der Waals surface area contributed by atoms with E-state index < -0.39 is 0 Å². The molecule has 0 aromatic heterocycles. The molecule has 1 heterocycles. The van der Waals surface area contributed by atoms with E-state index in [-0.39, 0.29) is 6.29 Å². The first-order valence-corrected chi connectivity index (χ1v) is 4.80. The van der Waals surface area contributed by atoms with E-state index in [1.165, 1.54) is 0 Å². The first-order valence-electron chi connectivity index (χ1n) is 4.80. The van der Waals surface area contributed by atoms with Crippen LogP contribution in [0.4, 0.5) is 0 Å². The average molecular weight is 186 g/mol. The molecule has 1 saturated heterocycles. The van der Waals surface area contributed by atoms with Gasteiger partial charge >= 0.3 is 0 Å². The molecular weight excluding hydrogens is 168 g/mol. The lowest BCUT2D eigenvalue weighted by Gasteiger charge is -2.18. The lowest BCUT2D eigenvalue weighted by molar-refractivity contribution is -0.112. The Labute approximate surface area is 79.7 Å². The number of hydrogen-bond donors (Lipinski definition) is 0.